The van der Waals surface area contributed by atoms with E-state index in [4.69, 9.17) is 5.26 Å². The Hall–Kier alpha value is -1.80. The topological polar surface area (TPSA) is 54.5 Å². The summed E-state index contributed by atoms with van der Waals surface area (Å²) >= 11 is 1.70. The van der Waals surface area contributed by atoms with Gasteiger partial charge in [-0.25, -0.2) is 0 Å². The Kier molecular flexibility index (Phi) is 4.79. The fourth-order valence-corrected chi connectivity index (χ4v) is 3.87. The third kappa shape index (κ3) is 3.33. The first-order chi connectivity index (χ1) is 10.8. The molecule has 3 rings (SSSR count). The highest BCUT2D eigenvalue weighted by Gasteiger charge is 2.21. The van der Waals surface area contributed by atoms with E-state index in [0.717, 1.165) is 16.7 Å². The van der Waals surface area contributed by atoms with Crippen LogP contribution in [0.3, 0.4) is 0 Å². The summed E-state index contributed by atoms with van der Waals surface area (Å²) in [5.41, 5.74) is 1.90. The van der Waals surface area contributed by atoms with Gasteiger partial charge in [-0.2, -0.15) is 5.26 Å². The lowest BCUT2D eigenvalue weighted by Crippen LogP contribution is -2.10. The second-order valence-corrected chi connectivity index (χ2v) is 6.77. The molecule has 0 N–H and O–H groups in total. The van der Waals surface area contributed by atoms with Crippen LogP contribution in [0.4, 0.5) is 0 Å². The van der Waals surface area contributed by atoms with Crippen LogP contribution >= 0.6 is 11.8 Å². The van der Waals surface area contributed by atoms with Crippen molar-refractivity contribution >= 4 is 11.8 Å². The van der Waals surface area contributed by atoms with Gasteiger partial charge in [0.1, 0.15) is 5.82 Å². The van der Waals surface area contributed by atoms with Crippen LogP contribution in [0.1, 0.15) is 55.0 Å². The third-order valence-corrected chi connectivity index (χ3v) is 5.38. The molecule has 0 bridgehead atoms. The number of thioether (sulfide) groups is 1. The van der Waals surface area contributed by atoms with Crippen molar-refractivity contribution in [3.8, 4) is 6.07 Å². The summed E-state index contributed by atoms with van der Waals surface area (Å²) in [6, 6.07) is 9.87. The Labute approximate surface area is 135 Å². The van der Waals surface area contributed by atoms with Gasteiger partial charge in [0, 0.05) is 18.7 Å². The molecule has 0 saturated heterocycles. The van der Waals surface area contributed by atoms with Crippen molar-refractivity contribution in [2.45, 2.75) is 48.9 Å². The smallest absolute Gasteiger partial charge is 0.191 e. The van der Waals surface area contributed by atoms with Crippen molar-refractivity contribution in [2.24, 2.45) is 7.05 Å². The van der Waals surface area contributed by atoms with E-state index in [1.54, 1.807) is 11.8 Å². The molecule has 0 radical (unpaired) electrons. The lowest BCUT2D eigenvalue weighted by Gasteiger charge is -2.20. The zero-order valence-electron chi connectivity index (χ0n) is 12.8. The van der Waals surface area contributed by atoms with Crippen molar-refractivity contribution in [3.05, 3.63) is 41.2 Å². The fraction of sp³-hybridized carbons (Fsp3) is 0.471. The lowest BCUT2D eigenvalue weighted by atomic mass is 9.89. The first-order valence-corrected chi connectivity index (χ1v) is 8.77. The molecule has 0 unspecified atom stereocenters. The van der Waals surface area contributed by atoms with Crippen LogP contribution in [0.25, 0.3) is 0 Å². The molecule has 1 aromatic heterocycles. The van der Waals surface area contributed by atoms with Crippen molar-refractivity contribution in [1.82, 2.24) is 14.8 Å². The van der Waals surface area contributed by atoms with E-state index in [1.807, 2.05) is 24.3 Å². The number of hydrogen-bond acceptors (Lipinski definition) is 4. The summed E-state index contributed by atoms with van der Waals surface area (Å²) in [5.74, 6) is 2.57. The SMILES string of the molecule is Cn1c(SCc2ccc(C#N)cc2)nnc1C1CCCCC1. The van der Waals surface area contributed by atoms with Crippen LogP contribution in [-0.2, 0) is 12.8 Å². The summed E-state index contributed by atoms with van der Waals surface area (Å²) in [5, 5.41) is 18.6. The van der Waals surface area contributed by atoms with E-state index in [2.05, 4.69) is 27.9 Å². The maximum Gasteiger partial charge on any atom is 0.191 e. The molecule has 114 valence electrons. The second-order valence-electron chi connectivity index (χ2n) is 5.83. The van der Waals surface area contributed by atoms with Gasteiger partial charge in [-0.3, -0.25) is 0 Å². The lowest BCUT2D eigenvalue weighted by molar-refractivity contribution is 0.418. The highest BCUT2D eigenvalue weighted by Crippen LogP contribution is 2.33. The van der Waals surface area contributed by atoms with Crippen LogP contribution in [0.5, 0.6) is 0 Å². The average molecular weight is 312 g/mol. The molecule has 1 aliphatic rings. The van der Waals surface area contributed by atoms with Gasteiger partial charge >= 0.3 is 0 Å². The molecule has 1 heterocycles. The van der Waals surface area contributed by atoms with E-state index in [0.29, 0.717) is 11.5 Å². The van der Waals surface area contributed by atoms with Crippen LogP contribution in [0.15, 0.2) is 29.4 Å². The first kappa shape index (κ1) is 15.1. The minimum Gasteiger partial charge on any atom is -0.309 e. The number of aromatic nitrogens is 3. The number of benzene rings is 1. The van der Waals surface area contributed by atoms with Gasteiger partial charge < -0.3 is 4.57 Å². The van der Waals surface area contributed by atoms with E-state index in [9.17, 15) is 0 Å². The minimum absolute atomic E-state index is 0.579. The maximum atomic E-state index is 8.82. The van der Waals surface area contributed by atoms with E-state index in [1.165, 1.54) is 37.7 Å². The minimum atomic E-state index is 0.579. The van der Waals surface area contributed by atoms with E-state index >= 15 is 0 Å². The Balaban J connectivity index is 1.65. The highest BCUT2D eigenvalue weighted by molar-refractivity contribution is 7.98. The molecule has 1 aliphatic carbocycles. The van der Waals surface area contributed by atoms with Gasteiger partial charge in [0.2, 0.25) is 0 Å². The van der Waals surface area contributed by atoms with Crippen LogP contribution in [0, 0.1) is 11.3 Å². The third-order valence-electron chi connectivity index (χ3n) is 4.29. The van der Waals surface area contributed by atoms with E-state index < -0.39 is 0 Å². The number of hydrogen-bond donors (Lipinski definition) is 0. The normalized spacial score (nSPS) is 15.6. The summed E-state index contributed by atoms with van der Waals surface area (Å²) < 4.78 is 2.16. The molecule has 22 heavy (non-hydrogen) atoms. The molecule has 4 nitrogen and oxygen atoms in total. The van der Waals surface area contributed by atoms with Crippen molar-refractivity contribution < 1.29 is 0 Å². The Morgan fingerprint density at radius 3 is 2.59 bits per heavy atom. The van der Waals surface area contributed by atoms with Crippen LogP contribution in [-0.4, -0.2) is 14.8 Å². The standard InChI is InChI=1S/C17H20N4S/c1-21-16(15-5-3-2-4-6-15)19-20-17(21)22-12-14-9-7-13(11-18)8-10-14/h7-10,15H,2-6,12H2,1H3. The molecule has 0 atom stereocenters. The molecule has 0 amide bonds. The second kappa shape index (κ2) is 6.97. The first-order valence-electron chi connectivity index (χ1n) is 7.79. The van der Waals surface area contributed by atoms with Crippen LogP contribution < -0.4 is 0 Å². The number of nitrogens with zero attached hydrogens (tertiary/aromatic N) is 4. The summed E-state index contributed by atoms with van der Waals surface area (Å²) in [6.45, 7) is 0. The summed E-state index contributed by atoms with van der Waals surface area (Å²) in [7, 11) is 2.07. The Bertz CT molecular complexity index is 663. The van der Waals surface area contributed by atoms with Gasteiger partial charge in [-0.1, -0.05) is 43.2 Å². The molecular formula is C17H20N4S. The molecule has 5 heteroatoms. The molecule has 0 aliphatic heterocycles. The van der Waals surface area contributed by atoms with Crippen LogP contribution in [0.2, 0.25) is 0 Å². The predicted molar refractivity (Wildman–Crippen MR) is 87.5 cm³/mol. The largest absolute Gasteiger partial charge is 0.309 e. The molecule has 1 fully saturated rings. The van der Waals surface area contributed by atoms with Crippen molar-refractivity contribution in [3.63, 3.8) is 0 Å². The maximum absolute atomic E-state index is 8.82. The highest BCUT2D eigenvalue weighted by atomic mass is 32.2. The molecular weight excluding hydrogens is 292 g/mol. The quantitative estimate of drug-likeness (QED) is 0.800. The predicted octanol–water partition coefficient (Wildman–Crippen LogP) is 4.03. The number of rotatable bonds is 4. The van der Waals surface area contributed by atoms with Crippen molar-refractivity contribution in [2.75, 3.05) is 0 Å². The van der Waals surface area contributed by atoms with Gasteiger partial charge in [-0.15, -0.1) is 10.2 Å². The van der Waals surface area contributed by atoms with Crippen molar-refractivity contribution in [1.29, 1.82) is 5.26 Å². The zero-order valence-corrected chi connectivity index (χ0v) is 13.6. The zero-order chi connectivity index (χ0) is 15.4. The van der Waals surface area contributed by atoms with Gasteiger partial charge in [-0.05, 0) is 30.5 Å². The fourth-order valence-electron chi connectivity index (χ4n) is 2.99. The Morgan fingerprint density at radius 2 is 1.91 bits per heavy atom. The summed E-state index contributed by atoms with van der Waals surface area (Å²) in [4.78, 5) is 0. The molecule has 2 aromatic rings. The average Bonchev–Trinajstić information content (AvgIpc) is 2.95. The summed E-state index contributed by atoms with van der Waals surface area (Å²) in [6.07, 6.45) is 6.46. The Morgan fingerprint density at radius 1 is 1.18 bits per heavy atom. The number of nitriles is 1. The van der Waals surface area contributed by atoms with E-state index in [-0.39, 0.29) is 0 Å². The van der Waals surface area contributed by atoms with Gasteiger partial charge in [0.25, 0.3) is 0 Å². The molecule has 0 spiro atoms. The monoisotopic (exact) mass is 312 g/mol. The van der Waals surface area contributed by atoms with Gasteiger partial charge in [0.15, 0.2) is 5.16 Å². The molecule has 1 aromatic carbocycles. The molecule has 1 saturated carbocycles. The van der Waals surface area contributed by atoms with Gasteiger partial charge in [0.05, 0.1) is 11.6 Å².